The van der Waals surface area contributed by atoms with E-state index in [2.05, 4.69) is 15.0 Å². The first-order valence-corrected chi connectivity index (χ1v) is 9.11. The average Bonchev–Trinajstić information content (AvgIpc) is 3.07. The maximum absolute atomic E-state index is 12.3. The summed E-state index contributed by atoms with van der Waals surface area (Å²) in [5.74, 6) is 1.32. The van der Waals surface area contributed by atoms with E-state index >= 15 is 0 Å². The summed E-state index contributed by atoms with van der Waals surface area (Å²) >= 11 is 0. The van der Waals surface area contributed by atoms with Crippen LogP contribution < -0.4 is 0 Å². The first-order valence-electron chi connectivity index (χ1n) is 7.79. The third-order valence-corrected chi connectivity index (χ3v) is 5.47. The summed E-state index contributed by atoms with van der Waals surface area (Å²) in [5, 5.41) is 4.19. The van der Waals surface area contributed by atoms with Crippen molar-refractivity contribution in [3.8, 4) is 0 Å². The van der Waals surface area contributed by atoms with Crippen LogP contribution in [0.2, 0.25) is 0 Å². The Labute approximate surface area is 133 Å². The molecule has 1 aliphatic rings. The first-order chi connectivity index (χ1) is 10.8. The number of nitrogens with zero attached hydrogens (tertiary/aromatic N) is 4. The number of hydrogen-bond donors (Lipinski definition) is 0. The molecule has 2 heterocycles. The molecule has 0 radical (unpaired) electrons. The lowest BCUT2D eigenvalue weighted by Gasteiger charge is -2.32. The SMILES string of the molecule is O=[S@@](CCN1CCC[C@H](Cn2cncn2)C1)c1ccccc1. The number of rotatable bonds is 6. The fourth-order valence-corrected chi connectivity index (χ4v) is 4.12. The van der Waals surface area contributed by atoms with Gasteiger partial charge in [-0.05, 0) is 37.4 Å². The van der Waals surface area contributed by atoms with Gasteiger partial charge >= 0.3 is 0 Å². The van der Waals surface area contributed by atoms with Crippen LogP contribution in [0.15, 0.2) is 47.9 Å². The molecule has 6 heteroatoms. The van der Waals surface area contributed by atoms with E-state index in [4.69, 9.17) is 0 Å². The van der Waals surface area contributed by atoms with Crippen LogP contribution in [0.1, 0.15) is 12.8 Å². The number of likely N-dealkylation sites (tertiary alicyclic amines) is 1. The molecule has 1 aromatic carbocycles. The molecular formula is C16H22N4OS. The van der Waals surface area contributed by atoms with Gasteiger partial charge in [-0.25, -0.2) is 4.98 Å². The molecule has 1 saturated heterocycles. The molecular weight excluding hydrogens is 296 g/mol. The molecule has 0 saturated carbocycles. The molecule has 0 N–H and O–H groups in total. The van der Waals surface area contributed by atoms with Gasteiger partial charge < -0.3 is 4.90 Å². The normalized spacial score (nSPS) is 20.8. The van der Waals surface area contributed by atoms with Crippen molar-refractivity contribution in [1.82, 2.24) is 19.7 Å². The van der Waals surface area contributed by atoms with E-state index in [1.807, 2.05) is 35.0 Å². The molecule has 22 heavy (non-hydrogen) atoms. The molecule has 1 aromatic heterocycles. The molecule has 0 bridgehead atoms. The maximum Gasteiger partial charge on any atom is 0.137 e. The third-order valence-electron chi connectivity index (χ3n) is 4.11. The molecule has 0 aliphatic carbocycles. The van der Waals surface area contributed by atoms with E-state index in [0.29, 0.717) is 11.7 Å². The Morgan fingerprint density at radius 1 is 1.27 bits per heavy atom. The smallest absolute Gasteiger partial charge is 0.137 e. The van der Waals surface area contributed by atoms with Gasteiger partial charge in [-0.3, -0.25) is 8.89 Å². The molecule has 1 fully saturated rings. The molecule has 2 aromatic rings. The van der Waals surface area contributed by atoms with E-state index in [1.54, 1.807) is 12.7 Å². The summed E-state index contributed by atoms with van der Waals surface area (Å²) in [5.41, 5.74) is 0. The highest BCUT2D eigenvalue weighted by atomic mass is 32.2. The predicted octanol–water partition coefficient (Wildman–Crippen LogP) is 1.80. The van der Waals surface area contributed by atoms with Crippen LogP contribution >= 0.6 is 0 Å². The van der Waals surface area contributed by atoms with E-state index in [0.717, 1.165) is 31.1 Å². The third kappa shape index (κ3) is 4.24. The highest BCUT2D eigenvalue weighted by Gasteiger charge is 2.20. The second-order valence-corrected chi connectivity index (χ2v) is 7.36. The van der Waals surface area contributed by atoms with Gasteiger partial charge in [0, 0.05) is 30.3 Å². The minimum atomic E-state index is -0.897. The van der Waals surface area contributed by atoms with Crippen LogP contribution in [-0.2, 0) is 17.3 Å². The Kier molecular flexibility index (Phi) is 5.34. The fraction of sp³-hybridized carbons (Fsp3) is 0.500. The largest absolute Gasteiger partial charge is 0.302 e. The van der Waals surface area contributed by atoms with Crippen LogP contribution in [0.4, 0.5) is 0 Å². The molecule has 0 spiro atoms. The lowest BCUT2D eigenvalue weighted by molar-refractivity contribution is 0.168. The van der Waals surface area contributed by atoms with Crippen molar-refractivity contribution in [2.75, 3.05) is 25.4 Å². The van der Waals surface area contributed by atoms with Gasteiger partial charge in [0.1, 0.15) is 12.7 Å². The van der Waals surface area contributed by atoms with Crippen LogP contribution in [0.5, 0.6) is 0 Å². The Morgan fingerprint density at radius 3 is 2.91 bits per heavy atom. The van der Waals surface area contributed by atoms with Gasteiger partial charge in [0.15, 0.2) is 0 Å². The Balaban J connectivity index is 1.47. The van der Waals surface area contributed by atoms with E-state index < -0.39 is 10.8 Å². The second-order valence-electron chi connectivity index (χ2n) is 5.79. The molecule has 1 aliphatic heterocycles. The number of piperidine rings is 1. The highest BCUT2D eigenvalue weighted by Crippen LogP contribution is 2.18. The van der Waals surface area contributed by atoms with Crippen LogP contribution in [0, 0.1) is 5.92 Å². The minimum absolute atomic E-state index is 0.612. The van der Waals surface area contributed by atoms with Crippen molar-refractivity contribution >= 4 is 10.8 Å². The summed E-state index contributed by atoms with van der Waals surface area (Å²) in [4.78, 5) is 7.36. The monoisotopic (exact) mass is 318 g/mol. The lowest BCUT2D eigenvalue weighted by Crippen LogP contribution is -2.39. The minimum Gasteiger partial charge on any atom is -0.302 e. The molecule has 0 amide bonds. The van der Waals surface area contributed by atoms with Gasteiger partial charge in [0.2, 0.25) is 0 Å². The van der Waals surface area contributed by atoms with Crippen molar-refractivity contribution in [1.29, 1.82) is 0 Å². The van der Waals surface area contributed by atoms with Crippen molar-refractivity contribution in [2.45, 2.75) is 24.3 Å². The molecule has 0 unspecified atom stereocenters. The lowest BCUT2D eigenvalue weighted by atomic mass is 9.98. The van der Waals surface area contributed by atoms with Crippen molar-refractivity contribution in [3.63, 3.8) is 0 Å². The first kappa shape index (κ1) is 15.4. The molecule has 5 nitrogen and oxygen atoms in total. The van der Waals surface area contributed by atoms with E-state index in [9.17, 15) is 4.21 Å². The summed E-state index contributed by atoms with van der Waals surface area (Å²) < 4.78 is 14.2. The molecule has 118 valence electrons. The van der Waals surface area contributed by atoms with Gasteiger partial charge in [-0.15, -0.1) is 0 Å². The summed E-state index contributed by atoms with van der Waals surface area (Å²) in [6, 6.07) is 9.74. The summed E-state index contributed by atoms with van der Waals surface area (Å²) in [6.07, 6.45) is 5.81. The average molecular weight is 318 g/mol. The van der Waals surface area contributed by atoms with E-state index in [1.165, 1.54) is 12.8 Å². The molecule has 2 atom stereocenters. The highest BCUT2D eigenvalue weighted by molar-refractivity contribution is 7.85. The van der Waals surface area contributed by atoms with Gasteiger partial charge in [-0.2, -0.15) is 5.10 Å². The quantitative estimate of drug-likeness (QED) is 0.815. The van der Waals surface area contributed by atoms with Gasteiger partial charge in [0.05, 0.1) is 10.8 Å². The fourth-order valence-electron chi connectivity index (χ4n) is 3.00. The van der Waals surface area contributed by atoms with E-state index in [-0.39, 0.29) is 0 Å². The van der Waals surface area contributed by atoms with Crippen LogP contribution in [0.25, 0.3) is 0 Å². The topological polar surface area (TPSA) is 51.0 Å². The molecule has 3 rings (SSSR count). The standard InChI is InChI=1S/C16H22N4OS/c21-22(16-6-2-1-3-7-16)10-9-19-8-4-5-15(11-19)12-20-14-17-13-18-20/h1-3,6-7,13-15H,4-5,8-12H2/t15-,22-/m0/s1. The van der Waals surface area contributed by atoms with Crippen molar-refractivity contribution < 1.29 is 4.21 Å². The Bertz CT molecular complexity index is 587. The second kappa shape index (κ2) is 7.65. The summed E-state index contributed by atoms with van der Waals surface area (Å²) in [6.45, 7) is 4.00. The van der Waals surface area contributed by atoms with Crippen LogP contribution in [-0.4, -0.2) is 49.3 Å². The number of hydrogen-bond acceptors (Lipinski definition) is 4. The Hall–Kier alpha value is -1.53. The maximum atomic E-state index is 12.3. The van der Waals surface area contributed by atoms with Crippen molar-refractivity contribution in [2.24, 2.45) is 5.92 Å². The number of aromatic nitrogens is 3. The number of benzene rings is 1. The zero-order valence-corrected chi connectivity index (χ0v) is 13.5. The zero-order chi connectivity index (χ0) is 15.2. The van der Waals surface area contributed by atoms with Gasteiger partial charge in [-0.1, -0.05) is 18.2 Å². The predicted molar refractivity (Wildman–Crippen MR) is 86.9 cm³/mol. The van der Waals surface area contributed by atoms with Crippen LogP contribution in [0.3, 0.4) is 0 Å². The zero-order valence-electron chi connectivity index (χ0n) is 12.7. The Morgan fingerprint density at radius 2 is 2.14 bits per heavy atom. The summed E-state index contributed by atoms with van der Waals surface area (Å²) in [7, 11) is -0.897. The van der Waals surface area contributed by atoms with Crippen molar-refractivity contribution in [3.05, 3.63) is 43.0 Å². The van der Waals surface area contributed by atoms with Gasteiger partial charge in [0.25, 0.3) is 0 Å².